The van der Waals surface area contributed by atoms with E-state index in [4.69, 9.17) is 0 Å². The largest absolute Gasteiger partial charge is 0.342 e. The molecule has 1 saturated heterocycles. The number of nitrogens with one attached hydrogen (secondary N) is 1. The average Bonchev–Trinajstić information content (AvgIpc) is 2.96. The fourth-order valence-corrected chi connectivity index (χ4v) is 2.54. The molecule has 2 amide bonds. The van der Waals surface area contributed by atoms with Gasteiger partial charge in [0.2, 0.25) is 11.8 Å². The zero-order valence-electron chi connectivity index (χ0n) is 10.4. The SMILES string of the molecule is CCCCN1CC(C(=O)Nc2nccs2)CC1=O. The molecule has 2 heterocycles. The summed E-state index contributed by atoms with van der Waals surface area (Å²) in [6, 6.07) is 0. The summed E-state index contributed by atoms with van der Waals surface area (Å²) in [7, 11) is 0. The number of rotatable bonds is 5. The van der Waals surface area contributed by atoms with Crippen molar-refractivity contribution in [3.8, 4) is 0 Å². The molecular weight excluding hydrogens is 250 g/mol. The van der Waals surface area contributed by atoms with Crippen LogP contribution in [0.1, 0.15) is 26.2 Å². The number of amides is 2. The standard InChI is InChI=1S/C12H17N3O2S/c1-2-3-5-15-8-9(7-10(15)16)11(17)14-12-13-4-6-18-12/h4,6,9H,2-3,5,7-8H2,1H3,(H,13,14,17). The summed E-state index contributed by atoms with van der Waals surface area (Å²) in [6.45, 7) is 3.39. The molecule has 1 aliphatic rings. The Morgan fingerprint density at radius 2 is 2.50 bits per heavy atom. The minimum absolute atomic E-state index is 0.0859. The molecule has 0 radical (unpaired) electrons. The molecule has 6 heteroatoms. The second kappa shape index (κ2) is 5.95. The predicted molar refractivity (Wildman–Crippen MR) is 70.3 cm³/mol. The quantitative estimate of drug-likeness (QED) is 0.883. The van der Waals surface area contributed by atoms with Gasteiger partial charge in [-0.1, -0.05) is 13.3 Å². The molecule has 1 aromatic rings. The second-order valence-corrected chi connectivity index (χ2v) is 5.32. The van der Waals surface area contributed by atoms with Crippen LogP contribution in [0.5, 0.6) is 0 Å². The van der Waals surface area contributed by atoms with Gasteiger partial charge in [0.25, 0.3) is 0 Å². The number of unbranched alkanes of at least 4 members (excludes halogenated alkanes) is 1. The van der Waals surface area contributed by atoms with E-state index in [2.05, 4.69) is 17.2 Å². The van der Waals surface area contributed by atoms with Crippen molar-refractivity contribution in [3.63, 3.8) is 0 Å². The molecule has 18 heavy (non-hydrogen) atoms. The van der Waals surface area contributed by atoms with E-state index >= 15 is 0 Å². The Kier molecular flexibility index (Phi) is 4.30. The van der Waals surface area contributed by atoms with Crippen molar-refractivity contribution in [2.45, 2.75) is 26.2 Å². The van der Waals surface area contributed by atoms with Crippen LogP contribution in [0, 0.1) is 5.92 Å². The van der Waals surface area contributed by atoms with Gasteiger partial charge in [-0.2, -0.15) is 0 Å². The smallest absolute Gasteiger partial charge is 0.231 e. The van der Waals surface area contributed by atoms with Crippen LogP contribution in [0.4, 0.5) is 5.13 Å². The van der Waals surface area contributed by atoms with Crippen LogP contribution in [-0.2, 0) is 9.59 Å². The highest BCUT2D eigenvalue weighted by atomic mass is 32.1. The van der Waals surface area contributed by atoms with Gasteiger partial charge < -0.3 is 10.2 Å². The predicted octanol–water partition coefficient (Wildman–Crippen LogP) is 1.73. The van der Waals surface area contributed by atoms with Crippen molar-refractivity contribution in [2.24, 2.45) is 5.92 Å². The van der Waals surface area contributed by atoms with E-state index < -0.39 is 0 Å². The van der Waals surface area contributed by atoms with Gasteiger partial charge in [0.05, 0.1) is 5.92 Å². The van der Waals surface area contributed by atoms with Crippen molar-refractivity contribution in [1.29, 1.82) is 0 Å². The van der Waals surface area contributed by atoms with E-state index in [1.807, 2.05) is 5.38 Å². The topological polar surface area (TPSA) is 62.3 Å². The van der Waals surface area contributed by atoms with Gasteiger partial charge in [0.1, 0.15) is 0 Å². The Labute approximate surface area is 110 Å². The van der Waals surface area contributed by atoms with Crippen molar-refractivity contribution >= 4 is 28.3 Å². The van der Waals surface area contributed by atoms with Crippen LogP contribution in [0.3, 0.4) is 0 Å². The number of carbonyl (C=O) groups excluding carboxylic acids is 2. The summed E-state index contributed by atoms with van der Waals surface area (Å²) >= 11 is 1.38. The van der Waals surface area contributed by atoms with Crippen LogP contribution in [0.25, 0.3) is 0 Å². The molecule has 1 unspecified atom stereocenters. The average molecular weight is 267 g/mol. The molecule has 1 fully saturated rings. The van der Waals surface area contributed by atoms with Crippen LogP contribution in [0.15, 0.2) is 11.6 Å². The molecule has 0 bridgehead atoms. The highest BCUT2D eigenvalue weighted by Crippen LogP contribution is 2.21. The van der Waals surface area contributed by atoms with Crippen LogP contribution in [0.2, 0.25) is 0 Å². The molecule has 0 saturated carbocycles. The molecule has 0 spiro atoms. The molecule has 0 aromatic carbocycles. The van der Waals surface area contributed by atoms with Gasteiger partial charge in [0, 0.05) is 31.1 Å². The number of carbonyl (C=O) groups is 2. The molecular formula is C12H17N3O2S. The monoisotopic (exact) mass is 267 g/mol. The third-order valence-electron chi connectivity index (χ3n) is 3.03. The first kappa shape index (κ1) is 13.0. The summed E-state index contributed by atoms with van der Waals surface area (Å²) in [5.74, 6) is -0.252. The highest BCUT2D eigenvalue weighted by molar-refractivity contribution is 7.13. The number of thiazole rings is 1. The number of nitrogens with zero attached hydrogens (tertiary/aromatic N) is 2. The molecule has 2 rings (SSSR count). The Hall–Kier alpha value is -1.43. The fraction of sp³-hybridized carbons (Fsp3) is 0.583. The summed E-state index contributed by atoms with van der Waals surface area (Å²) in [5, 5.41) is 5.16. The summed E-state index contributed by atoms with van der Waals surface area (Å²) < 4.78 is 0. The Morgan fingerprint density at radius 1 is 1.67 bits per heavy atom. The minimum Gasteiger partial charge on any atom is -0.342 e. The van der Waals surface area contributed by atoms with Crippen molar-refractivity contribution in [2.75, 3.05) is 18.4 Å². The van der Waals surface area contributed by atoms with Crippen LogP contribution < -0.4 is 5.32 Å². The van der Waals surface area contributed by atoms with E-state index in [1.54, 1.807) is 11.1 Å². The lowest BCUT2D eigenvalue weighted by Gasteiger charge is -2.15. The maximum atomic E-state index is 12.0. The van der Waals surface area contributed by atoms with E-state index in [-0.39, 0.29) is 17.7 Å². The summed E-state index contributed by atoms with van der Waals surface area (Å²) in [5.41, 5.74) is 0. The van der Waals surface area contributed by atoms with E-state index in [0.717, 1.165) is 19.4 Å². The molecule has 98 valence electrons. The maximum absolute atomic E-state index is 12.0. The number of aromatic nitrogens is 1. The van der Waals surface area contributed by atoms with E-state index in [9.17, 15) is 9.59 Å². The minimum atomic E-state index is -0.238. The summed E-state index contributed by atoms with van der Waals surface area (Å²) in [6.07, 6.45) is 4.01. The fourth-order valence-electron chi connectivity index (χ4n) is 2.01. The van der Waals surface area contributed by atoms with Gasteiger partial charge in [-0.3, -0.25) is 9.59 Å². The molecule has 1 aromatic heterocycles. The molecule has 5 nitrogen and oxygen atoms in total. The van der Waals surface area contributed by atoms with Crippen LogP contribution >= 0.6 is 11.3 Å². The Balaban J connectivity index is 1.87. The first-order valence-corrected chi connectivity index (χ1v) is 7.06. The first-order valence-electron chi connectivity index (χ1n) is 6.19. The second-order valence-electron chi connectivity index (χ2n) is 4.42. The highest BCUT2D eigenvalue weighted by Gasteiger charge is 2.33. The normalized spacial score (nSPS) is 19.3. The van der Waals surface area contributed by atoms with Crippen molar-refractivity contribution < 1.29 is 9.59 Å². The summed E-state index contributed by atoms with van der Waals surface area (Å²) in [4.78, 5) is 29.5. The lowest BCUT2D eigenvalue weighted by atomic mass is 10.1. The molecule has 1 atom stereocenters. The lowest BCUT2D eigenvalue weighted by molar-refractivity contribution is -0.128. The zero-order valence-corrected chi connectivity index (χ0v) is 11.2. The molecule has 1 aliphatic heterocycles. The van der Waals surface area contributed by atoms with Crippen molar-refractivity contribution in [1.82, 2.24) is 9.88 Å². The van der Waals surface area contributed by atoms with Gasteiger partial charge in [-0.25, -0.2) is 4.98 Å². The molecule has 0 aliphatic carbocycles. The number of likely N-dealkylation sites (tertiary alicyclic amines) is 1. The van der Waals surface area contributed by atoms with Gasteiger partial charge >= 0.3 is 0 Å². The van der Waals surface area contributed by atoms with Gasteiger partial charge in [-0.15, -0.1) is 11.3 Å². The molecule has 1 N–H and O–H groups in total. The number of hydrogen-bond acceptors (Lipinski definition) is 4. The Bertz CT molecular complexity index is 419. The maximum Gasteiger partial charge on any atom is 0.231 e. The van der Waals surface area contributed by atoms with Crippen molar-refractivity contribution in [3.05, 3.63) is 11.6 Å². The third kappa shape index (κ3) is 3.07. The van der Waals surface area contributed by atoms with Crippen LogP contribution in [-0.4, -0.2) is 34.8 Å². The first-order chi connectivity index (χ1) is 8.70. The van der Waals surface area contributed by atoms with E-state index in [0.29, 0.717) is 18.1 Å². The zero-order chi connectivity index (χ0) is 13.0. The van der Waals surface area contributed by atoms with Gasteiger partial charge in [0.15, 0.2) is 5.13 Å². The Morgan fingerprint density at radius 3 is 3.17 bits per heavy atom. The van der Waals surface area contributed by atoms with E-state index in [1.165, 1.54) is 11.3 Å². The number of anilines is 1. The lowest BCUT2D eigenvalue weighted by Crippen LogP contribution is -2.29. The van der Waals surface area contributed by atoms with Gasteiger partial charge in [-0.05, 0) is 6.42 Å². The third-order valence-corrected chi connectivity index (χ3v) is 3.72. The number of hydrogen-bond donors (Lipinski definition) is 1.